The molecule has 0 amide bonds. The molecule has 2 aromatic heterocycles. The molecular weight excluding hydrogens is 228 g/mol. The Balaban J connectivity index is 0.00000128. The Hall–Kier alpha value is -1.33. The molecule has 0 radical (unpaired) electrons. The van der Waals surface area contributed by atoms with E-state index in [0.29, 0.717) is 11.2 Å². The van der Waals surface area contributed by atoms with Crippen LogP contribution in [-0.4, -0.2) is 14.6 Å². The van der Waals surface area contributed by atoms with Crippen LogP contribution in [0.2, 0.25) is 0 Å². The summed E-state index contributed by atoms with van der Waals surface area (Å²) in [5.74, 6) is 0. The molecule has 2 heterocycles. The van der Waals surface area contributed by atoms with Crippen molar-refractivity contribution in [3.8, 4) is 0 Å². The summed E-state index contributed by atoms with van der Waals surface area (Å²) in [5, 5.41) is 4.31. The first-order valence-electron chi connectivity index (χ1n) is 4.96. The van der Waals surface area contributed by atoms with E-state index in [0.717, 1.165) is 12.1 Å². The number of aromatic amines is 1. The molecule has 0 spiro atoms. The monoisotopic (exact) mass is 242 g/mol. The molecule has 0 aliphatic heterocycles. The van der Waals surface area contributed by atoms with Gasteiger partial charge < -0.3 is 10.7 Å². The maximum absolute atomic E-state index is 11.4. The molecule has 0 aliphatic carbocycles. The topological polar surface area (TPSA) is 76.2 Å². The summed E-state index contributed by atoms with van der Waals surface area (Å²) in [5.41, 5.74) is 7.91. The number of nitrogens with one attached hydrogen (secondary N) is 1. The summed E-state index contributed by atoms with van der Waals surface area (Å²) < 4.78 is 1.65. The predicted molar refractivity (Wildman–Crippen MR) is 65.0 cm³/mol. The zero-order valence-electron chi connectivity index (χ0n) is 9.23. The number of nitrogens with two attached hydrogens (primary N) is 1. The number of aromatic nitrogens is 3. The molecule has 0 bridgehead atoms. The third-order valence-electron chi connectivity index (χ3n) is 2.49. The van der Waals surface area contributed by atoms with Crippen molar-refractivity contribution in [3.05, 3.63) is 33.9 Å². The van der Waals surface area contributed by atoms with Crippen molar-refractivity contribution in [2.45, 2.75) is 26.3 Å². The van der Waals surface area contributed by atoms with Gasteiger partial charge in [-0.3, -0.25) is 4.79 Å². The van der Waals surface area contributed by atoms with Crippen LogP contribution >= 0.6 is 12.4 Å². The molecule has 0 aliphatic rings. The van der Waals surface area contributed by atoms with E-state index in [4.69, 9.17) is 5.73 Å². The van der Waals surface area contributed by atoms with Crippen molar-refractivity contribution in [3.63, 3.8) is 0 Å². The average molecular weight is 243 g/mol. The number of hydrogen-bond acceptors (Lipinski definition) is 3. The molecule has 6 heteroatoms. The van der Waals surface area contributed by atoms with Crippen LogP contribution in [0.15, 0.2) is 17.1 Å². The fraction of sp³-hybridized carbons (Fsp3) is 0.400. The van der Waals surface area contributed by atoms with Gasteiger partial charge in [-0.15, -0.1) is 12.4 Å². The molecule has 16 heavy (non-hydrogen) atoms. The number of halogens is 1. The lowest BCUT2D eigenvalue weighted by atomic mass is 10.2. The maximum atomic E-state index is 11.4. The standard InChI is InChI=1S/C10H14N4O.ClH/c1-3-7(11)8-4-9-12-10(15)6(2)5-14(9)13-8;/h4-5,7H,3,11H2,1-2H3,(H,12,15);1H/t7-;/m0./s1. The minimum Gasteiger partial charge on any atom is -0.323 e. The number of H-pyrrole nitrogens is 1. The van der Waals surface area contributed by atoms with Crippen LogP contribution in [0, 0.1) is 6.92 Å². The molecule has 2 aromatic rings. The van der Waals surface area contributed by atoms with Crippen molar-refractivity contribution in [2.75, 3.05) is 0 Å². The summed E-state index contributed by atoms with van der Waals surface area (Å²) in [6, 6.07) is 1.74. The normalized spacial score (nSPS) is 12.4. The summed E-state index contributed by atoms with van der Waals surface area (Å²) in [7, 11) is 0. The molecular formula is C10H15ClN4O. The number of hydrogen-bond donors (Lipinski definition) is 2. The van der Waals surface area contributed by atoms with Gasteiger partial charge in [-0.1, -0.05) is 6.92 Å². The molecule has 5 nitrogen and oxygen atoms in total. The van der Waals surface area contributed by atoms with Crippen molar-refractivity contribution in [1.82, 2.24) is 14.6 Å². The SMILES string of the molecule is CC[C@H](N)c1cc2[nH]c(=O)c(C)cn2n1.Cl. The Morgan fingerprint density at radius 1 is 1.62 bits per heavy atom. The van der Waals surface area contributed by atoms with Crippen LogP contribution in [0.4, 0.5) is 0 Å². The van der Waals surface area contributed by atoms with E-state index in [1.807, 2.05) is 13.0 Å². The van der Waals surface area contributed by atoms with Crippen molar-refractivity contribution >= 4 is 18.1 Å². The number of rotatable bonds is 2. The molecule has 0 fully saturated rings. The van der Waals surface area contributed by atoms with E-state index in [-0.39, 0.29) is 24.0 Å². The zero-order valence-corrected chi connectivity index (χ0v) is 10.0. The molecule has 3 N–H and O–H groups in total. The van der Waals surface area contributed by atoms with Gasteiger partial charge in [-0.2, -0.15) is 5.10 Å². The van der Waals surface area contributed by atoms with Crippen LogP contribution in [-0.2, 0) is 0 Å². The van der Waals surface area contributed by atoms with E-state index in [2.05, 4.69) is 10.1 Å². The lowest BCUT2D eigenvalue weighted by molar-refractivity contribution is 0.664. The molecule has 0 aromatic carbocycles. The molecule has 1 atom stereocenters. The van der Waals surface area contributed by atoms with E-state index >= 15 is 0 Å². The van der Waals surface area contributed by atoms with Crippen LogP contribution in [0.3, 0.4) is 0 Å². The second kappa shape index (κ2) is 4.67. The molecule has 0 saturated carbocycles. The Kier molecular flexibility index (Phi) is 3.72. The fourth-order valence-electron chi connectivity index (χ4n) is 1.45. The highest BCUT2D eigenvalue weighted by atomic mass is 35.5. The van der Waals surface area contributed by atoms with Crippen LogP contribution in [0.25, 0.3) is 5.65 Å². The largest absolute Gasteiger partial charge is 0.323 e. The van der Waals surface area contributed by atoms with E-state index in [9.17, 15) is 4.79 Å². The highest BCUT2D eigenvalue weighted by Crippen LogP contribution is 2.12. The Morgan fingerprint density at radius 3 is 2.94 bits per heavy atom. The second-order valence-electron chi connectivity index (χ2n) is 3.68. The van der Waals surface area contributed by atoms with E-state index in [1.165, 1.54) is 0 Å². The minimum absolute atomic E-state index is 0. The van der Waals surface area contributed by atoms with Gasteiger partial charge in [-0.25, -0.2) is 4.52 Å². The summed E-state index contributed by atoms with van der Waals surface area (Å²) in [4.78, 5) is 14.1. The van der Waals surface area contributed by atoms with Crippen molar-refractivity contribution in [2.24, 2.45) is 5.73 Å². The smallest absolute Gasteiger partial charge is 0.254 e. The molecule has 0 unspecified atom stereocenters. The summed E-state index contributed by atoms with van der Waals surface area (Å²) in [6.45, 7) is 3.75. The third kappa shape index (κ3) is 2.10. The first-order chi connectivity index (χ1) is 7.11. The van der Waals surface area contributed by atoms with Gasteiger partial charge in [0, 0.05) is 23.9 Å². The van der Waals surface area contributed by atoms with Crippen molar-refractivity contribution < 1.29 is 0 Å². The first-order valence-corrected chi connectivity index (χ1v) is 4.96. The highest BCUT2D eigenvalue weighted by Gasteiger charge is 2.09. The fourth-order valence-corrected chi connectivity index (χ4v) is 1.45. The van der Waals surface area contributed by atoms with E-state index < -0.39 is 0 Å². The van der Waals surface area contributed by atoms with Crippen molar-refractivity contribution in [1.29, 1.82) is 0 Å². The zero-order chi connectivity index (χ0) is 11.0. The lowest BCUT2D eigenvalue weighted by Crippen LogP contribution is -2.11. The van der Waals surface area contributed by atoms with Gasteiger partial charge in [-0.05, 0) is 13.3 Å². The van der Waals surface area contributed by atoms with Crippen LogP contribution < -0.4 is 11.3 Å². The third-order valence-corrected chi connectivity index (χ3v) is 2.49. The van der Waals surface area contributed by atoms with Gasteiger partial charge in [0.2, 0.25) is 0 Å². The van der Waals surface area contributed by atoms with Gasteiger partial charge in [0.15, 0.2) is 0 Å². The lowest BCUT2D eigenvalue weighted by Gasteiger charge is -2.01. The van der Waals surface area contributed by atoms with Gasteiger partial charge >= 0.3 is 0 Å². The Labute approximate surface area is 99.1 Å². The average Bonchev–Trinajstić information content (AvgIpc) is 2.60. The molecule has 0 saturated heterocycles. The number of aryl methyl sites for hydroxylation is 1. The maximum Gasteiger partial charge on any atom is 0.254 e. The van der Waals surface area contributed by atoms with Gasteiger partial charge in [0.05, 0.1) is 5.69 Å². The predicted octanol–water partition coefficient (Wildman–Crippen LogP) is 1.16. The second-order valence-corrected chi connectivity index (χ2v) is 3.68. The first kappa shape index (κ1) is 12.7. The Bertz CT molecular complexity index is 545. The quantitative estimate of drug-likeness (QED) is 0.830. The van der Waals surface area contributed by atoms with E-state index in [1.54, 1.807) is 17.6 Å². The highest BCUT2D eigenvalue weighted by molar-refractivity contribution is 5.85. The number of nitrogens with zero attached hydrogens (tertiary/aromatic N) is 2. The van der Waals surface area contributed by atoms with Crippen LogP contribution in [0.1, 0.15) is 30.6 Å². The number of fused-ring (bicyclic) bond motifs is 1. The summed E-state index contributed by atoms with van der Waals surface area (Å²) >= 11 is 0. The van der Waals surface area contributed by atoms with Gasteiger partial charge in [0.25, 0.3) is 5.56 Å². The van der Waals surface area contributed by atoms with Crippen LogP contribution in [0.5, 0.6) is 0 Å². The molecule has 2 rings (SSSR count). The summed E-state index contributed by atoms with van der Waals surface area (Å²) in [6.07, 6.45) is 2.53. The molecule has 88 valence electrons. The van der Waals surface area contributed by atoms with Gasteiger partial charge in [0.1, 0.15) is 5.65 Å². The minimum atomic E-state index is -0.0842. The Morgan fingerprint density at radius 2 is 2.31 bits per heavy atom.